The van der Waals surface area contributed by atoms with Crippen LogP contribution in [0.15, 0.2) is 17.1 Å². The summed E-state index contributed by atoms with van der Waals surface area (Å²) in [5, 5.41) is 9.26. The van der Waals surface area contributed by atoms with E-state index < -0.39 is 0 Å². The smallest absolute Gasteiger partial charge is 0.198 e. The number of amidine groups is 1. The van der Waals surface area contributed by atoms with Gasteiger partial charge >= 0.3 is 0 Å². The maximum atomic E-state index is 9.26. The van der Waals surface area contributed by atoms with Crippen molar-refractivity contribution >= 4 is 5.84 Å². The molecule has 0 fully saturated rings. The Morgan fingerprint density at radius 1 is 1.26 bits per heavy atom. The quantitative estimate of drug-likeness (QED) is 0.368. The molecule has 0 bridgehead atoms. The molecule has 1 N–H and O–H groups in total. The number of hydrogen-bond acceptors (Lipinski definition) is 2. The molecule has 1 atom stereocenters. The van der Waals surface area contributed by atoms with E-state index >= 15 is 0 Å². The summed E-state index contributed by atoms with van der Waals surface area (Å²) in [7, 11) is 0. The lowest BCUT2D eigenvalue weighted by Crippen LogP contribution is -2.52. The fraction of sp³-hybridized carbons (Fsp3) is 0.812. The highest BCUT2D eigenvalue weighted by Crippen LogP contribution is 2.19. The van der Waals surface area contributed by atoms with Crippen molar-refractivity contribution in [3.63, 3.8) is 0 Å². The van der Waals surface area contributed by atoms with E-state index in [1.165, 1.54) is 37.9 Å². The Morgan fingerprint density at radius 2 is 2.05 bits per heavy atom. The van der Waals surface area contributed by atoms with Gasteiger partial charge in [0.05, 0.1) is 19.7 Å². The molecule has 0 radical (unpaired) electrons. The first-order chi connectivity index (χ1) is 9.29. The van der Waals surface area contributed by atoms with Gasteiger partial charge in [-0.05, 0) is 33.1 Å². The maximum Gasteiger partial charge on any atom is 0.198 e. The van der Waals surface area contributed by atoms with Gasteiger partial charge in [-0.1, -0.05) is 25.0 Å². The lowest BCUT2D eigenvalue weighted by molar-refractivity contribution is -0.835. The van der Waals surface area contributed by atoms with Crippen molar-refractivity contribution in [2.75, 3.05) is 32.8 Å². The molecule has 19 heavy (non-hydrogen) atoms. The van der Waals surface area contributed by atoms with Gasteiger partial charge in [-0.15, -0.1) is 0 Å². The molecule has 0 saturated heterocycles. The van der Waals surface area contributed by atoms with E-state index in [-0.39, 0.29) is 6.61 Å². The monoisotopic (exact) mass is 267 g/mol. The number of quaternary nitrogens is 1. The van der Waals surface area contributed by atoms with Crippen LogP contribution in [0.4, 0.5) is 0 Å². The third-order valence-corrected chi connectivity index (χ3v) is 4.26. The van der Waals surface area contributed by atoms with Crippen LogP contribution in [-0.4, -0.2) is 48.2 Å². The molecule has 1 unspecified atom stereocenters. The predicted molar refractivity (Wildman–Crippen MR) is 82.4 cm³/mol. The molecule has 1 aliphatic heterocycles. The second kappa shape index (κ2) is 9.27. The van der Waals surface area contributed by atoms with Gasteiger partial charge < -0.3 is 5.11 Å². The first-order valence-electron chi connectivity index (χ1n) is 7.91. The summed E-state index contributed by atoms with van der Waals surface area (Å²) in [6, 6.07) is 0. The van der Waals surface area contributed by atoms with Gasteiger partial charge in [0.15, 0.2) is 5.84 Å². The molecule has 0 aromatic carbocycles. The average molecular weight is 267 g/mol. The van der Waals surface area contributed by atoms with Gasteiger partial charge in [-0.2, -0.15) is 0 Å². The highest BCUT2D eigenvalue weighted by atomic mass is 16.3. The summed E-state index contributed by atoms with van der Waals surface area (Å²) in [4.78, 5) is 4.69. The number of hydrogen-bond donors (Lipinski definition) is 1. The first kappa shape index (κ1) is 16.4. The highest BCUT2D eigenvalue weighted by Gasteiger charge is 2.35. The minimum Gasteiger partial charge on any atom is -0.390 e. The van der Waals surface area contributed by atoms with Crippen LogP contribution < -0.4 is 0 Å². The average Bonchev–Trinajstić information content (AvgIpc) is 2.82. The van der Waals surface area contributed by atoms with Gasteiger partial charge in [0, 0.05) is 6.42 Å². The molecule has 0 aromatic rings. The van der Waals surface area contributed by atoms with Crippen molar-refractivity contribution in [1.82, 2.24) is 0 Å². The summed E-state index contributed by atoms with van der Waals surface area (Å²) in [6.45, 7) is 8.53. The number of aliphatic hydroxyl groups is 1. The SMILES string of the molecule is C/C=C/CCCCCCC1=NCC[N+]1(CC)CCO. The maximum absolute atomic E-state index is 9.26. The number of nitrogens with zero attached hydrogens (tertiary/aromatic N) is 2. The Labute approximate surface area is 118 Å². The third kappa shape index (κ3) is 5.07. The van der Waals surface area contributed by atoms with E-state index in [1.807, 2.05) is 0 Å². The van der Waals surface area contributed by atoms with E-state index in [0.717, 1.165) is 37.1 Å². The number of allylic oxidation sites excluding steroid dienone is 2. The van der Waals surface area contributed by atoms with Crippen molar-refractivity contribution in [3.8, 4) is 0 Å². The molecular weight excluding hydrogens is 236 g/mol. The Bertz CT molecular complexity index is 299. The van der Waals surface area contributed by atoms with E-state index in [4.69, 9.17) is 4.99 Å². The Morgan fingerprint density at radius 3 is 2.74 bits per heavy atom. The van der Waals surface area contributed by atoms with Crippen molar-refractivity contribution in [2.45, 2.75) is 52.4 Å². The van der Waals surface area contributed by atoms with Gasteiger partial charge in [-0.25, -0.2) is 4.99 Å². The van der Waals surface area contributed by atoms with Crippen LogP contribution in [0.3, 0.4) is 0 Å². The highest BCUT2D eigenvalue weighted by molar-refractivity contribution is 5.76. The molecule has 0 aliphatic carbocycles. The van der Waals surface area contributed by atoms with Crippen LogP contribution in [0.1, 0.15) is 52.4 Å². The molecule has 1 rings (SSSR count). The van der Waals surface area contributed by atoms with E-state index in [9.17, 15) is 5.11 Å². The number of aliphatic hydroxyl groups excluding tert-OH is 1. The molecule has 1 aliphatic rings. The molecule has 0 spiro atoms. The zero-order valence-corrected chi connectivity index (χ0v) is 12.8. The zero-order valence-electron chi connectivity index (χ0n) is 12.8. The van der Waals surface area contributed by atoms with Crippen LogP contribution in [-0.2, 0) is 0 Å². The standard InChI is InChI=1S/C16H31N2O/c1-3-5-6-7-8-9-10-11-16-17-12-13-18(16,4-2)14-15-19/h3,5,19H,4,6-15H2,1-2H3/q+1/b5-3+. The molecule has 110 valence electrons. The normalized spacial score (nSPS) is 23.2. The van der Waals surface area contributed by atoms with Crippen LogP contribution in [0.5, 0.6) is 0 Å². The lowest BCUT2D eigenvalue weighted by atomic mass is 10.1. The number of likely N-dealkylation sites (N-methyl/N-ethyl adjacent to an activating group) is 1. The molecule has 0 saturated carbocycles. The predicted octanol–water partition coefficient (Wildman–Crippen LogP) is 3.14. The summed E-state index contributed by atoms with van der Waals surface area (Å²) in [5.41, 5.74) is 0. The van der Waals surface area contributed by atoms with Gasteiger partial charge in [-0.3, -0.25) is 4.48 Å². The largest absolute Gasteiger partial charge is 0.390 e. The fourth-order valence-electron chi connectivity index (χ4n) is 2.96. The van der Waals surface area contributed by atoms with E-state index in [0.29, 0.717) is 0 Å². The van der Waals surface area contributed by atoms with Crippen LogP contribution >= 0.6 is 0 Å². The minimum atomic E-state index is 0.274. The molecular formula is C16H31N2O+. The first-order valence-corrected chi connectivity index (χ1v) is 7.91. The van der Waals surface area contributed by atoms with Crippen molar-refractivity contribution in [2.24, 2.45) is 4.99 Å². The van der Waals surface area contributed by atoms with E-state index in [1.54, 1.807) is 0 Å². The summed E-state index contributed by atoms with van der Waals surface area (Å²) < 4.78 is 0.940. The molecule has 3 nitrogen and oxygen atoms in total. The minimum absolute atomic E-state index is 0.274. The van der Waals surface area contributed by atoms with Gasteiger partial charge in [0.25, 0.3) is 0 Å². The summed E-state index contributed by atoms with van der Waals surface area (Å²) in [6.07, 6.45) is 11.9. The van der Waals surface area contributed by atoms with Crippen LogP contribution in [0.25, 0.3) is 0 Å². The van der Waals surface area contributed by atoms with Crippen molar-refractivity contribution < 1.29 is 9.59 Å². The third-order valence-electron chi connectivity index (χ3n) is 4.26. The van der Waals surface area contributed by atoms with Crippen molar-refractivity contribution in [1.29, 1.82) is 0 Å². The molecule has 1 heterocycles. The van der Waals surface area contributed by atoms with Crippen LogP contribution in [0, 0.1) is 0 Å². The van der Waals surface area contributed by atoms with Gasteiger partial charge in [0.2, 0.25) is 0 Å². The fourth-order valence-corrected chi connectivity index (χ4v) is 2.96. The van der Waals surface area contributed by atoms with E-state index in [2.05, 4.69) is 26.0 Å². The second-order valence-electron chi connectivity index (χ2n) is 5.45. The summed E-state index contributed by atoms with van der Waals surface area (Å²) in [5.74, 6) is 1.34. The Hall–Kier alpha value is -0.670. The number of rotatable bonds is 10. The molecule has 0 amide bonds. The van der Waals surface area contributed by atoms with Crippen LogP contribution in [0.2, 0.25) is 0 Å². The van der Waals surface area contributed by atoms with Gasteiger partial charge in [0.1, 0.15) is 13.1 Å². The second-order valence-corrected chi connectivity index (χ2v) is 5.45. The Kier molecular flexibility index (Phi) is 7.99. The molecule has 3 heteroatoms. The topological polar surface area (TPSA) is 32.6 Å². The molecule has 0 aromatic heterocycles. The number of aliphatic imine (C=N–C) groups is 1. The Balaban J connectivity index is 2.24. The summed E-state index contributed by atoms with van der Waals surface area (Å²) >= 11 is 0. The lowest BCUT2D eigenvalue weighted by Gasteiger charge is -2.33. The zero-order chi connectivity index (χ0) is 14.0. The van der Waals surface area contributed by atoms with Crippen molar-refractivity contribution in [3.05, 3.63) is 12.2 Å². The number of unbranched alkanes of at least 4 members (excludes halogenated alkanes) is 4.